The zero-order valence-corrected chi connectivity index (χ0v) is 15.5. The summed E-state index contributed by atoms with van der Waals surface area (Å²) in [5.74, 6) is -1.40. The highest BCUT2D eigenvalue weighted by Crippen LogP contribution is 2.20. The number of carbonyl (C=O) groups is 2. The Balaban J connectivity index is 2.82. The highest BCUT2D eigenvalue weighted by Gasteiger charge is 2.22. The van der Waals surface area contributed by atoms with Crippen molar-refractivity contribution in [3.63, 3.8) is 0 Å². The van der Waals surface area contributed by atoms with E-state index in [4.69, 9.17) is 5.11 Å². The maximum Gasteiger partial charge on any atom is 0.316 e. The normalized spacial score (nSPS) is 12.8. The Morgan fingerprint density at radius 2 is 1.92 bits per heavy atom. The van der Waals surface area contributed by atoms with Crippen LogP contribution < -0.4 is 5.32 Å². The molecule has 9 heteroatoms. The van der Waals surface area contributed by atoms with Gasteiger partial charge in [0, 0.05) is 18.8 Å². The summed E-state index contributed by atoms with van der Waals surface area (Å²) in [7, 11) is -3.60. The minimum atomic E-state index is -3.60. The first-order valence-electron chi connectivity index (χ1n) is 7.46. The summed E-state index contributed by atoms with van der Waals surface area (Å²) >= 11 is 0.996. The Morgan fingerprint density at radius 1 is 1.29 bits per heavy atom. The number of anilines is 1. The number of nitrogens with one attached hydrogen (secondary N) is 1. The molecule has 2 N–H and O–H groups in total. The molecule has 1 atom stereocenters. The first-order chi connectivity index (χ1) is 11.2. The lowest BCUT2D eigenvalue weighted by molar-refractivity contribution is -0.136. The van der Waals surface area contributed by atoms with E-state index in [0.717, 1.165) is 11.8 Å². The monoisotopic (exact) mass is 374 g/mol. The van der Waals surface area contributed by atoms with Gasteiger partial charge < -0.3 is 10.4 Å². The van der Waals surface area contributed by atoms with Gasteiger partial charge in [0.25, 0.3) is 0 Å². The van der Waals surface area contributed by atoms with Crippen LogP contribution in [0.5, 0.6) is 0 Å². The number of carbonyl (C=O) groups excluding carboxylic acids is 1. The Bertz CT molecular complexity index is 687. The van der Waals surface area contributed by atoms with Gasteiger partial charge in [-0.15, -0.1) is 11.8 Å². The Labute approximate surface area is 146 Å². The average molecular weight is 374 g/mol. The molecular weight excluding hydrogens is 352 g/mol. The molecule has 0 saturated heterocycles. The third-order valence-corrected chi connectivity index (χ3v) is 6.45. The van der Waals surface area contributed by atoms with E-state index in [1.807, 2.05) is 0 Å². The Kier molecular flexibility index (Phi) is 7.71. The molecule has 134 valence electrons. The number of thioether (sulfide) groups is 1. The van der Waals surface area contributed by atoms with Crippen molar-refractivity contribution in [3.8, 4) is 0 Å². The van der Waals surface area contributed by atoms with Crippen LogP contribution in [-0.2, 0) is 19.6 Å². The number of aliphatic carboxylic acids is 1. The maximum absolute atomic E-state index is 12.5. The number of hydrogen-bond donors (Lipinski definition) is 2. The molecule has 0 heterocycles. The second kappa shape index (κ2) is 9.05. The first kappa shape index (κ1) is 20.5. The molecule has 1 rings (SSSR count). The molecule has 0 aliphatic heterocycles. The van der Waals surface area contributed by atoms with Gasteiger partial charge in [0.2, 0.25) is 15.9 Å². The van der Waals surface area contributed by atoms with Crippen molar-refractivity contribution < 1.29 is 23.1 Å². The minimum absolute atomic E-state index is 0.0273. The molecule has 0 aromatic heterocycles. The summed E-state index contributed by atoms with van der Waals surface area (Å²) in [4.78, 5) is 22.7. The van der Waals surface area contributed by atoms with Crippen molar-refractivity contribution in [1.82, 2.24) is 4.31 Å². The van der Waals surface area contributed by atoms with Crippen LogP contribution in [0.15, 0.2) is 29.2 Å². The summed E-state index contributed by atoms with van der Waals surface area (Å²) in [5.41, 5.74) is 0.358. The molecule has 24 heavy (non-hydrogen) atoms. The standard InChI is InChI=1S/C15H22N2O5S2/c1-4-17(5-2)24(21,22)13-8-6-7-12(9-13)16-14(18)10-23-11(3)15(19)20/h6-9,11H,4-5,10H2,1-3H3,(H,16,18)(H,19,20)/t11-/m1/s1. The smallest absolute Gasteiger partial charge is 0.316 e. The van der Waals surface area contributed by atoms with E-state index in [0.29, 0.717) is 18.8 Å². The molecule has 0 unspecified atom stereocenters. The highest BCUT2D eigenvalue weighted by molar-refractivity contribution is 8.01. The van der Waals surface area contributed by atoms with E-state index in [1.54, 1.807) is 26.0 Å². The summed E-state index contributed by atoms with van der Waals surface area (Å²) in [6, 6.07) is 6.02. The number of hydrogen-bond acceptors (Lipinski definition) is 5. The van der Waals surface area contributed by atoms with Gasteiger partial charge in [-0.25, -0.2) is 8.42 Å². The van der Waals surface area contributed by atoms with Crippen molar-refractivity contribution in [1.29, 1.82) is 0 Å². The number of amides is 1. The fraction of sp³-hybridized carbons (Fsp3) is 0.467. The topological polar surface area (TPSA) is 104 Å². The van der Waals surface area contributed by atoms with Crippen LogP contribution in [0.2, 0.25) is 0 Å². The van der Waals surface area contributed by atoms with Crippen molar-refractivity contribution in [2.24, 2.45) is 0 Å². The minimum Gasteiger partial charge on any atom is -0.480 e. The van der Waals surface area contributed by atoms with E-state index >= 15 is 0 Å². The molecule has 0 aliphatic carbocycles. The fourth-order valence-electron chi connectivity index (χ4n) is 1.92. The van der Waals surface area contributed by atoms with E-state index in [9.17, 15) is 18.0 Å². The van der Waals surface area contributed by atoms with Crippen LogP contribution >= 0.6 is 11.8 Å². The molecule has 7 nitrogen and oxygen atoms in total. The van der Waals surface area contributed by atoms with Crippen LogP contribution in [0.1, 0.15) is 20.8 Å². The number of sulfonamides is 1. The lowest BCUT2D eigenvalue weighted by atomic mass is 10.3. The van der Waals surface area contributed by atoms with Gasteiger partial charge in [-0.2, -0.15) is 4.31 Å². The zero-order chi connectivity index (χ0) is 18.3. The number of rotatable bonds is 9. The first-order valence-corrected chi connectivity index (χ1v) is 9.95. The molecule has 0 bridgehead atoms. The molecule has 1 aromatic carbocycles. The second-order valence-electron chi connectivity index (χ2n) is 4.96. The zero-order valence-electron chi connectivity index (χ0n) is 13.9. The Morgan fingerprint density at radius 3 is 2.46 bits per heavy atom. The van der Waals surface area contributed by atoms with Crippen LogP contribution in [0, 0.1) is 0 Å². The van der Waals surface area contributed by atoms with E-state index in [-0.39, 0.29) is 16.6 Å². The van der Waals surface area contributed by atoms with Crippen LogP contribution in [0.4, 0.5) is 5.69 Å². The van der Waals surface area contributed by atoms with Gasteiger partial charge >= 0.3 is 5.97 Å². The molecule has 1 amide bonds. The summed E-state index contributed by atoms with van der Waals surface area (Å²) in [6.45, 7) is 5.73. The van der Waals surface area contributed by atoms with Crippen molar-refractivity contribution in [2.75, 3.05) is 24.2 Å². The molecule has 0 radical (unpaired) electrons. The highest BCUT2D eigenvalue weighted by atomic mass is 32.2. The summed E-state index contributed by atoms with van der Waals surface area (Å²) < 4.78 is 26.3. The molecule has 0 saturated carbocycles. The number of carboxylic acids is 1. The predicted molar refractivity (Wildman–Crippen MR) is 94.7 cm³/mol. The van der Waals surface area contributed by atoms with E-state index < -0.39 is 21.2 Å². The molecule has 0 aliphatic rings. The van der Waals surface area contributed by atoms with Gasteiger partial charge in [0.05, 0.1) is 15.9 Å². The van der Waals surface area contributed by atoms with Gasteiger partial charge in [0.1, 0.15) is 0 Å². The van der Waals surface area contributed by atoms with Crippen LogP contribution in [0.3, 0.4) is 0 Å². The van der Waals surface area contributed by atoms with Crippen molar-refractivity contribution >= 4 is 39.3 Å². The predicted octanol–water partition coefficient (Wildman–Crippen LogP) is 1.86. The third kappa shape index (κ3) is 5.50. The van der Waals surface area contributed by atoms with Crippen LogP contribution in [0.25, 0.3) is 0 Å². The van der Waals surface area contributed by atoms with Gasteiger partial charge in [-0.3, -0.25) is 9.59 Å². The van der Waals surface area contributed by atoms with Gasteiger partial charge in [-0.1, -0.05) is 19.9 Å². The molecule has 1 aromatic rings. The lowest BCUT2D eigenvalue weighted by Crippen LogP contribution is -2.30. The van der Waals surface area contributed by atoms with Gasteiger partial charge in [-0.05, 0) is 25.1 Å². The lowest BCUT2D eigenvalue weighted by Gasteiger charge is -2.18. The Hall–Kier alpha value is -1.58. The second-order valence-corrected chi connectivity index (χ2v) is 8.22. The SMILES string of the molecule is CCN(CC)S(=O)(=O)c1cccc(NC(=O)CS[C@H](C)C(=O)O)c1. The van der Waals surface area contributed by atoms with E-state index in [1.165, 1.54) is 23.4 Å². The summed E-state index contributed by atoms with van der Waals surface area (Å²) in [6.07, 6.45) is 0. The fourth-order valence-corrected chi connectivity index (χ4v) is 4.04. The van der Waals surface area contributed by atoms with Crippen molar-refractivity contribution in [2.45, 2.75) is 30.9 Å². The van der Waals surface area contributed by atoms with E-state index in [2.05, 4.69) is 5.32 Å². The number of nitrogens with zero attached hydrogens (tertiary/aromatic N) is 1. The molecular formula is C15H22N2O5S2. The van der Waals surface area contributed by atoms with Gasteiger partial charge in [0.15, 0.2) is 0 Å². The van der Waals surface area contributed by atoms with Crippen molar-refractivity contribution in [3.05, 3.63) is 24.3 Å². The average Bonchev–Trinajstić information content (AvgIpc) is 2.53. The molecule has 0 fully saturated rings. The summed E-state index contributed by atoms with van der Waals surface area (Å²) in [5, 5.41) is 10.7. The maximum atomic E-state index is 12.5. The quantitative estimate of drug-likeness (QED) is 0.684. The number of benzene rings is 1. The third-order valence-electron chi connectivity index (χ3n) is 3.27. The molecule has 0 spiro atoms. The van der Waals surface area contributed by atoms with Crippen LogP contribution in [-0.4, -0.2) is 53.8 Å². The largest absolute Gasteiger partial charge is 0.480 e. The number of carboxylic acid groups (broad SMARTS) is 1.